The lowest BCUT2D eigenvalue weighted by Gasteiger charge is -2.32. The van der Waals surface area contributed by atoms with E-state index in [1.165, 1.54) is 0 Å². The minimum Gasteiger partial charge on any atom is -0.304 e. The van der Waals surface area contributed by atoms with Crippen LogP contribution in [0.1, 0.15) is 38.8 Å². The molecule has 0 aliphatic carbocycles. The van der Waals surface area contributed by atoms with Crippen LogP contribution >= 0.6 is 0 Å². The van der Waals surface area contributed by atoms with Gasteiger partial charge in [-0.25, -0.2) is 4.39 Å². The van der Waals surface area contributed by atoms with E-state index in [2.05, 4.69) is 16.8 Å². The molecule has 0 bridgehead atoms. The van der Waals surface area contributed by atoms with Crippen LogP contribution in [-0.4, -0.2) is 43.0 Å². The van der Waals surface area contributed by atoms with Crippen molar-refractivity contribution in [2.24, 2.45) is 0 Å². The van der Waals surface area contributed by atoms with Gasteiger partial charge in [-0.3, -0.25) is 4.90 Å². The molecule has 1 aromatic carbocycles. The van der Waals surface area contributed by atoms with E-state index in [1.54, 1.807) is 13.0 Å². The molecule has 2 nitrogen and oxygen atoms in total. The van der Waals surface area contributed by atoms with Gasteiger partial charge < -0.3 is 4.90 Å². The van der Waals surface area contributed by atoms with Crippen LogP contribution in [0.5, 0.6) is 0 Å². The van der Waals surface area contributed by atoms with Gasteiger partial charge in [0.2, 0.25) is 0 Å². The molecule has 0 unspecified atom stereocenters. The summed E-state index contributed by atoms with van der Waals surface area (Å²) in [4.78, 5) is 4.70. The normalized spacial score (nSPS) is 15.8. The smallest absolute Gasteiger partial charge is 0.126 e. The fraction of sp³-hybridized carbons (Fsp3) is 0.647. The summed E-state index contributed by atoms with van der Waals surface area (Å²) in [7, 11) is 2.14. The summed E-state index contributed by atoms with van der Waals surface area (Å²) < 4.78 is 13.4. The van der Waals surface area contributed by atoms with Crippen LogP contribution in [-0.2, 0) is 6.54 Å². The summed E-state index contributed by atoms with van der Waals surface area (Å²) in [5, 5.41) is 0. The van der Waals surface area contributed by atoms with Crippen LogP contribution in [0.25, 0.3) is 0 Å². The molecule has 1 aliphatic heterocycles. The first-order valence-electron chi connectivity index (χ1n) is 7.81. The van der Waals surface area contributed by atoms with E-state index in [0.29, 0.717) is 0 Å². The zero-order chi connectivity index (χ0) is 15.5. The Morgan fingerprint density at radius 1 is 1.00 bits per heavy atom. The van der Waals surface area contributed by atoms with E-state index in [0.717, 1.165) is 43.9 Å². The van der Waals surface area contributed by atoms with Crippen molar-refractivity contribution in [2.45, 2.75) is 41.2 Å². The molecule has 2 rings (SSSR count). The number of piperazine rings is 1. The average molecular weight is 282 g/mol. The number of hydrogen-bond donors (Lipinski definition) is 0. The maximum atomic E-state index is 13.4. The van der Waals surface area contributed by atoms with Gasteiger partial charge in [-0.2, -0.15) is 0 Å². The van der Waals surface area contributed by atoms with Crippen molar-refractivity contribution >= 4 is 0 Å². The first kappa shape index (κ1) is 19.1. The van der Waals surface area contributed by atoms with Gasteiger partial charge >= 0.3 is 0 Å². The molecule has 1 heterocycles. The Morgan fingerprint density at radius 2 is 1.55 bits per heavy atom. The van der Waals surface area contributed by atoms with E-state index in [4.69, 9.17) is 0 Å². The minimum absolute atomic E-state index is 0.0911. The number of hydrogen-bond acceptors (Lipinski definition) is 2. The number of benzene rings is 1. The predicted molar refractivity (Wildman–Crippen MR) is 86.6 cm³/mol. The van der Waals surface area contributed by atoms with Crippen LogP contribution in [0, 0.1) is 12.7 Å². The van der Waals surface area contributed by atoms with E-state index in [1.807, 2.05) is 39.8 Å². The van der Waals surface area contributed by atoms with Gasteiger partial charge in [0.1, 0.15) is 5.82 Å². The Labute approximate surface area is 124 Å². The molecule has 1 saturated heterocycles. The second kappa shape index (κ2) is 10.8. The molecule has 116 valence electrons. The van der Waals surface area contributed by atoms with E-state index < -0.39 is 0 Å². The molecule has 3 heteroatoms. The van der Waals surface area contributed by atoms with Crippen molar-refractivity contribution in [3.8, 4) is 0 Å². The summed E-state index contributed by atoms with van der Waals surface area (Å²) in [6.45, 7) is 15.0. The van der Waals surface area contributed by atoms with E-state index in [9.17, 15) is 4.39 Å². The maximum Gasteiger partial charge on any atom is 0.126 e. The molecule has 0 spiro atoms. The molecule has 1 aromatic rings. The predicted octanol–water partition coefficient (Wildman–Crippen LogP) is 3.93. The Hall–Kier alpha value is -0.930. The quantitative estimate of drug-likeness (QED) is 0.811. The molecule has 20 heavy (non-hydrogen) atoms. The number of rotatable bonds is 2. The van der Waals surface area contributed by atoms with Gasteiger partial charge in [-0.15, -0.1) is 0 Å². The van der Waals surface area contributed by atoms with Gasteiger partial charge in [0, 0.05) is 32.7 Å². The number of aryl methyl sites for hydroxylation is 1. The van der Waals surface area contributed by atoms with Crippen LogP contribution < -0.4 is 0 Å². The third-order valence-electron chi connectivity index (χ3n) is 3.24. The Kier molecular flexibility index (Phi) is 10.3. The van der Waals surface area contributed by atoms with E-state index >= 15 is 0 Å². The van der Waals surface area contributed by atoms with Gasteiger partial charge in [0.25, 0.3) is 0 Å². The third-order valence-corrected chi connectivity index (χ3v) is 3.24. The lowest BCUT2D eigenvalue weighted by Crippen LogP contribution is -2.43. The first-order chi connectivity index (χ1) is 9.65. The molecular weight excluding hydrogens is 251 g/mol. The molecule has 0 atom stereocenters. The summed E-state index contributed by atoms with van der Waals surface area (Å²) in [6.07, 6.45) is 0. The monoisotopic (exact) mass is 282 g/mol. The Morgan fingerprint density at radius 3 is 2.05 bits per heavy atom. The molecule has 0 radical (unpaired) electrons. The molecular formula is C17H31FN2. The third kappa shape index (κ3) is 6.49. The molecule has 0 aromatic heterocycles. The second-order valence-corrected chi connectivity index (χ2v) is 4.66. The fourth-order valence-corrected chi connectivity index (χ4v) is 2.00. The van der Waals surface area contributed by atoms with Gasteiger partial charge in [-0.1, -0.05) is 39.8 Å². The van der Waals surface area contributed by atoms with Gasteiger partial charge in [0.15, 0.2) is 0 Å². The van der Waals surface area contributed by atoms with E-state index in [-0.39, 0.29) is 5.82 Å². The Bertz CT molecular complexity index is 358. The zero-order valence-electron chi connectivity index (χ0n) is 14.0. The highest BCUT2D eigenvalue weighted by Crippen LogP contribution is 2.12. The number of nitrogens with zero attached hydrogens (tertiary/aromatic N) is 2. The number of halogens is 1. The summed E-state index contributed by atoms with van der Waals surface area (Å²) in [5.74, 6) is -0.0911. The van der Waals surface area contributed by atoms with Crippen LogP contribution in [0.2, 0.25) is 0 Å². The lowest BCUT2D eigenvalue weighted by molar-refractivity contribution is 0.148. The van der Waals surface area contributed by atoms with Crippen molar-refractivity contribution in [2.75, 3.05) is 33.2 Å². The fourth-order valence-electron chi connectivity index (χ4n) is 2.00. The van der Waals surface area contributed by atoms with Crippen molar-refractivity contribution < 1.29 is 4.39 Å². The highest BCUT2D eigenvalue weighted by Gasteiger charge is 2.14. The van der Waals surface area contributed by atoms with Crippen molar-refractivity contribution in [3.05, 3.63) is 35.1 Å². The zero-order valence-corrected chi connectivity index (χ0v) is 14.0. The molecule has 1 aliphatic rings. The van der Waals surface area contributed by atoms with Crippen LogP contribution in [0.4, 0.5) is 4.39 Å². The highest BCUT2D eigenvalue weighted by atomic mass is 19.1. The van der Waals surface area contributed by atoms with Gasteiger partial charge in [0.05, 0.1) is 0 Å². The molecule has 0 saturated carbocycles. The molecule has 0 N–H and O–H groups in total. The van der Waals surface area contributed by atoms with Crippen LogP contribution in [0.3, 0.4) is 0 Å². The molecule has 1 fully saturated rings. The first-order valence-corrected chi connectivity index (χ1v) is 7.81. The SMILES string of the molecule is CC.CC.Cc1ccc(CN2CCN(C)CC2)cc1F. The number of likely N-dealkylation sites (N-methyl/N-ethyl adjacent to an activating group) is 1. The standard InChI is InChI=1S/C13H19FN2.2C2H6/c1-11-3-4-12(9-13(11)14)10-16-7-5-15(2)6-8-16;2*1-2/h3-4,9H,5-8,10H2,1-2H3;2*1-2H3. The lowest BCUT2D eigenvalue weighted by atomic mass is 10.1. The van der Waals surface area contributed by atoms with Crippen molar-refractivity contribution in [3.63, 3.8) is 0 Å². The van der Waals surface area contributed by atoms with Crippen molar-refractivity contribution in [1.29, 1.82) is 0 Å². The second-order valence-electron chi connectivity index (χ2n) is 4.66. The summed E-state index contributed by atoms with van der Waals surface area (Å²) in [5.41, 5.74) is 1.80. The summed E-state index contributed by atoms with van der Waals surface area (Å²) in [6, 6.07) is 5.55. The van der Waals surface area contributed by atoms with Gasteiger partial charge in [-0.05, 0) is 31.2 Å². The van der Waals surface area contributed by atoms with Crippen LogP contribution in [0.15, 0.2) is 18.2 Å². The summed E-state index contributed by atoms with van der Waals surface area (Å²) >= 11 is 0. The minimum atomic E-state index is -0.0911. The maximum absolute atomic E-state index is 13.4. The average Bonchev–Trinajstić information content (AvgIpc) is 2.50. The molecule has 0 amide bonds. The van der Waals surface area contributed by atoms with Crippen molar-refractivity contribution in [1.82, 2.24) is 9.80 Å². The highest BCUT2D eigenvalue weighted by molar-refractivity contribution is 5.23. The Balaban J connectivity index is 0.000000829. The topological polar surface area (TPSA) is 6.48 Å². The largest absolute Gasteiger partial charge is 0.304 e.